The Hall–Kier alpha value is -1.51. The first-order valence-electron chi connectivity index (χ1n) is 6.38. The molecule has 1 unspecified atom stereocenters. The van der Waals surface area contributed by atoms with E-state index in [2.05, 4.69) is 10.0 Å². The Morgan fingerprint density at radius 2 is 2.20 bits per heavy atom. The first kappa shape index (κ1) is 14.9. The van der Waals surface area contributed by atoms with E-state index in [9.17, 15) is 18.5 Å². The highest BCUT2D eigenvalue weighted by atomic mass is 32.2. The van der Waals surface area contributed by atoms with Gasteiger partial charge in [0.1, 0.15) is 0 Å². The van der Waals surface area contributed by atoms with E-state index >= 15 is 0 Å². The number of benzene rings is 1. The lowest BCUT2D eigenvalue weighted by atomic mass is 10.1. The third-order valence-corrected chi connectivity index (χ3v) is 4.96. The Kier molecular flexibility index (Phi) is 4.36. The first-order chi connectivity index (χ1) is 9.40. The summed E-state index contributed by atoms with van der Waals surface area (Å²) in [5, 5.41) is 13.8. The molecule has 7 nitrogen and oxygen atoms in total. The molecule has 1 aromatic carbocycles. The number of rotatable bonds is 4. The van der Waals surface area contributed by atoms with Gasteiger partial charge in [-0.1, -0.05) is 0 Å². The van der Waals surface area contributed by atoms with E-state index in [1.165, 1.54) is 18.2 Å². The van der Waals surface area contributed by atoms with E-state index in [1.54, 1.807) is 6.92 Å². The number of nitrogens with zero attached hydrogens (tertiary/aromatic N) is 1. The molecule has 1 atom stereocenters. The second-order valence-electron chi connectivity index (χ2n) is 4.87. The van der Waals surface area contributed by atoms with Gasteiger partial charge in [-0.25, -0.2) is 13.1 Å². The van der Waals surface area contributed by atoms with Gasteiger partial charge in [0.15, 0.2) is 0 Å². The number of non-ortho nitro benzene ring substituents is 1. The molecule has 0 spiro atoms. The van der Waals surface area contributed by atoms with Crippen molar-refractivity contribution < 1.29 is 13.3 Å². The number of nitrogens with one attached hydrogen (secondary N) is 2. The quantitative estimate of drug-likeness (QED) is 0.636. The largest absolute Gasteiger partial charge is 0.315 e. The van der Waals surface area contributed by atoms with Crippen molar-refractivity contribution in [1.29, 1.82) is 0 Å². The first-order valence-corrected chi connectivity index (χ1v) is 7.86. The highest BCUT2D eigenvalue weighted by molar-refractivity contribution is 7.89. The number of sulfonamides is 1. The maximum absolute atomic E-state index is 12.3. The van der Waals surface area contributed by atoms with Crippen LogP contribution in [0, 0.1) is 17.0 Å². The van der Waals surface area contributed by atoms with Gasteiger partial charge in [0, 0.05) is 24.7 Å². The lowest BCUT2D eigenvalue weighted by Crippen LogP contribution is -2.45. The molecule has 1 aromatic rings. The molecule has 0 aromatic heterocycles. The third kappa shape index (κ3) is 3.33. The van der Waals surface area contributed by atoms with Gasteiger partial charge >= 0.3 is 0 Å². The summed E-state index contributed by atoms with van der Waals surface area (Å²) >= 11 is 0. The molecule has 110 valence electrons. The van der Waals surface area contributed by atoms with Crippen LogP contribution in [0.15, 0.2) is 23.1 Å². The highest BCUT2D eigenvalue weighted by Crippen LogP contribution is 2.21. The normalized spacial score (nSPS) is 19.8. The second-order valence-corrected chi connectivity index (χ2v) is 6.55. The molecule has 1 aliphatic rings. The Labute approximate surface area is 117 Å². The Bertz CT molecular complexity index is 609. The van der Waals surface area contributed by atoms with Crippen molar-refractivity contribution in [3.8, 4) is 0 Å². The maximum atomic E-state index is 12.3. The van der Waals surface area contributed by atoms with E-state index < -0.39 is 14.9 Å². The fraction of sp³-hybridized carbons (Fsp3) is 0.500. The van der Waals surface area contributed by atoms with Crippen LogP contribution in [0.25, 0.3) is 0 Å². The molecule has 2 rings (SSSR count). The fourth-order valence-electron chi connectivity index (χ4n) is 2.28. The SMILES string of the molecule is Cc1cc([N+](=O)[O-])ccc1S(=O)(=O)NC1CCCNC1. The monoisotopic (exact) mass is 299 g/mol. The van der Waals surface area contributed by atoms with Crippen molar-refractivity contribution in [2.75, 3.05) is 13.1 Å². The predicted molar refractivity (Wildman–Crippen MR) is 74.0 cm³/mol. The maximum Gasteiger partial charge on any atom is 0.269 e. The van der Waals surface area contributed by atoms with Gasteiger partial charge in [0.2, 0.25) is 10.0 Å². The molecule has 1 fully saturated rings. The zero-order valence-corrected chi connectivity index (χ0v) is 11.9. The van der Waals surface area contributed by atoms with Gasteiger partial charge in [0.25, 0.3) is 5.69 Å². The standard InChI is InChI=1S/C12H17N3O4S/c1-9-7-11(15(16)17)4-5-12(9)20(18,19)14-10-3-2-6-13-8-10/h4-5,7,10,13-14H,2-3,6,8H2,1H3. The van der Waals surface area contributed by atoms with Crippen LogP contribution in [0.2, 0.25) is 0 Å². The molecule has 8 heteroatoms. The van der Waals surface area contributed by atoms with E-state index in [-0.39, 0.29) is 16.6 Å². The molecule has 0 radical (unpaired) electrons. The minimum absolute atomic E-state index is 0.0914. The van der Waals surface area contributed by atoms with Crippen molar-refractivity contribution in [2.24, 2.45) is 0 Å². The molecule has 0 bridgehead atoms. The Balaban J connectivity index is 2.22. The lowest BCUT2D eigenvalue weighted by molar-refractivity contribution is -0.385. The molecule has 0 saturated carbocycles. The van der Waals surface area contributed by atoms with Gasteiger partial charge in [0.05, 0.1) is 9.82 Å². The number of hydrogen-bond donors (Lipinski definition) is 2. The fourth-order valence-corrected chi connectivity index (χ4v) is 3.78. The van der Waals surface area contributed by atoms with E-state index in [0.717, 1.165) is 19.4 Å². The second kappa shape index (κ2) is 5.86. The van der Waals surface area contributed by atoms with Crippen LogP contribution >= 0.6 is 0 Å². The summed E-state index contributed by atoms with van der Waals surface area (Å²) in [6.07, 6.45) is 1.71. The summed E-state index contributed by atoms with van der Waals surface area (Å²) in [5.74, 6) is 0. The van der Waals surface area contributed by atoms with Gasteiger partial charge in [-0.05, 0) is 37.9 Å². The minimum Gasteiger partial charge on any atom is -0.315 e. The average Bonchev–Trinajstić information content (AvgIpc) is 2.38. The molecule has 20 heavy (non-hydrogen) atoms. The number of piperidine rings is 1. The third-order valence-electron chi connectivity index (χ3n) is 3.28. The molecule has 0 amide bonds. The van der Waals surface area contributed by atoms with Crippen LogP contribution in [0.3, 0.4) is 0 Å². The smallest absolute Gasteiger partial charge is 0.269 e. The molecule has 0 aliphatic carbocycles. The van der Waals surface area contributed by atoms with Crippen molar-refractivity contribution in [3.05, 3.63) is 33.9 Å². The Morgan fingerprint density at radius 1 is 1.45 bits per heavy atom. The summed E-state index contributed by atoms with van der Waals surface area (Å²) in [4.78, 5) is 10.2. The molecule has 1 aliphatic heterocycles. The van der Waals surface area contributed by atoms with Crippen LogP contribution < -0.4 is 10.0 Å². The average molecular weight is 299 g/mol. The lowest BCUT2D eigenvalue weighted by Gasteiger charge is -2.23. The number of nitro benzene ring substituents is 1. The number of nitro groups is 1. The summed E-state index contributed by atoms with van der Waals surface area (Å²) < 4.78 is 27.2. The molecule has 1 saturated heterocycles. The van der Waals surface area contributed by atoms with Crippen molar-refractivity contribution in [3.63, 3.8) is 0 Å². The molecular formula is C12H17N3O4S. The van der Waals surface area contributed by atoms with E-state index in [0.29, 0.717) is 12.1 Å². The number of hydrogen-bond acceptors (Lipinski definition) is 5. The number of aryl methyl sites for hydroxylation is 1. The van der Waals surface area contributed by atoms with Gasteiger partial charge in [-0.3, -0.25) is 10.1 Å². The van der Waals surface area contributed by atoms with E-state index in [4.69, 9.17) is 0 Å². The van der Waals surface area contributed by atoms with Crippen molar-refractivity contribution in [2.45, 2.75) is 30.7 Å². The molecule has 1 heterocycles. The van der Waals surface area contributed by atoms with Crippen LogP contribution in [0.1, 0.15) is 18.4 Å². The van der Waals surface area contributed by atoms with E-state index in [1.807, 2.05) is 0 Å². The topological polar surface area (TPSA) is 101 Å². The molecule has 2 N–H and O–H groups in total. The van der Waals surface area contributed by atoms with Crippen molar-refractivity contribution in [1.82, 2.24) is 10.0 Å². The van der Waals surface area contributed by atoms with Crippen LogP contribution in [-0.2, 0) is 10.0 Å². The van der Waals surface area contributed by atoms with Crippen LogP contribution in [0.4, 0.5) is 5.69 Å². The Morgan fingerprint density at radius 3 is 2.75 bits per heavy atom. The molecular weight excluding hydrogens is 282 g/mol. The van der Waals surface area contributed by atoms with Gasteiger partial charge in [-0.15, -0.1) is 0 Å². The zero-order valence-electron chi connectivity index (χ0n) is 11.1. The summed E-state index contributed by atoms with van der Waals surface area (Å²) in [5.41, 5.74) is 0.260. The predicted octanol–water partition coefficient (Wildman–Crippen LogP) is 0.934. The van der Waals surface area contributed by atoms with Crippen LogP contribution in [-0.4, -0.2) is 32.5 Å². The van der Waals surface area contributed by atoms with Crippen LogP contribution in [0.5, 0.6) is 0 Å². The summed E-state index contributed by atoms with van der Waals surface area (Å²) in [7, 11) is -3.65. The summed E-state index contributed by atoms with van der Waals surface area (Å²) in [6, 6.07) is 3.63. The van der Waals surface area contributed by atoms with Gasteiger partial charge < -0.3 is 5.32 Å². The summed E-state index contributed by atoms with van der Waals surface area (Å²) in [6.45, 7) is 3.06. The zero-order chi connectivity index (χ0) is 14.8. The minimum atomic E-state index is -3.65. The van der Waals surface area contributed by atoms with Gasteiger partial charge in [-0.2, -0.15) is 0 Å². The van der Waals surface area contributed by atoms with Crippen molar-refractivity contribution >= 4 is 15.7 Å². The highest BCUT2D eigenvalue weighted by Gasteiger charge is 2.24.